The highest BCUT2D eigenvalue weighted by Gasteiger charge is 2.25. The number of ether oxygens (including phenoxy) is 1. The topological polar surface area (TPSA) is 81.9 Å². The van der Waals surface area contributed by atoms with E-state index in [1.165, 1.54) is 0 Å². The molecule has 0 bridgehead atoms. The van der Waals surface area contributed by atoms with Crippen molar-refractivity contribution in [2.24, 2.45) is 7.05 Å². The van der Waals surface area contributed by atoms with E-state index in [2.05, 4.69) is 29.9 Å². The fraction of sp³-hybridized carbons (Fsp3) is 0.438. The zero-order chi connectivity index (χ0) is 16.5. The number of fused-ring (bicyclic) bond motifs is 1. The van der Waals surface area contributed by atoms with Crippen LogP contribution in [0.25, 0.3) is 11.0 Å². The summed E-state index contributed by atoms with van der Waals surface area (Å²) in [5.74, 6) is 0.909. The van der Waals surface area contributed by atoms with Crippen molar-refractivity contribution < 1.29 is 4.74 Å². The molecule has 24 heavy (non-hydrogen) atoms. The van der Waals surface area contributed by atoms with Crippen LogP contribution in [0.2, 0.25) is 0 Å². The second-order valence-corrected chi connectivity index (χ2v) is 6.07. The lowest BCUT2D eigenvalue weighted by molar-refractivity contribution is 0.164. The molecule has 0 aliphatic carbocycles. The molecule has 0 aromatic carbocycles. The predicted octanol–water partition coefficient (Wildman–Crippen LogP) is 1.51. The normalized spacial score (nSPS) is 18.1. The van der Waals surface area contributed by atoms with Gasteiger partial charge in [0.05, 0.1) is 18.1 Å². The highest BCUT2D eigenvalue weighted by atomic mass is 16.5. The molecule has 0 amide bonds. The number of hydrogen-bond acceptors (Lipinski definition) is 7. The molecule has 4 rings (SSSR count). The van der Waals surface area contributed by atoms with Crippen molar-refractivity contribution in [1.82, 2.24) is 29.7 Å². The van der Waals surface area contributed by atoms with E-state index in [-0.39, 0.29) is 6.10 Å². The minimum absolute atomic E-state index is 0.0446. The molecular weight excluding hydrogens is 306 g/mol. The third-order valence-electron chi connectivity index (χ3n) is 4.22. The zero-order valence-corrected chi connectivity index (χ0v) is 13.8. The van der Waals surface area contributed by atoms with Crippen molar-refractivity contribution in [3.05, 3.63) is 30.5 Å². The second-order valence-electron chi connectivity index (χ2n) is 6.07. The first-order valence-corrected chi connectivity index (χ1v) is 8.03. The van der Waals surface area contributed by atoms with E-state index >= 15 is 0 Å². The fourth-order valence-corrected chi connectivity index (χ4v) is 3.02. The van der Waals surface area contributed by atoms with Gasteiger partial charge in [0.1, 0.15) is 18.2 Å². The molecular formula is C16H19N7O. The van der Waals surface area contributed by atoms with E-state index in [1.807, 2.05) is 20.2 Å². The lowest BCUT2D eigenvalue weighted by Crippen LogP contribution is -2.41. The average Bonchev–Trinajstić information content (AvgIpc) is 2.99. The third-order valence-corrected chi connectivity index (χ3v) is 4.22. The Morgan fingerprint density at radius 1 is 1.12 bits per heavy atom. The molecule has 1 aliphatic heterocycles. The Morgan fingerprint density at radius 3 is 2.79 bits per heavy atom. The summed E-state index contributed by atoms with van der Waals surface area (Å²) in [6.45, 7) is 3.65. The summed E-state index contributed by atoms with van der Waals surface area (Å²) in [6.07, 6.45) is 9.00. The van der Waals surface area contributed by atoms with Gasteiger partial charge in [0.2, 0.25) is 0 Å². The van der Waals surface area contributed by atoms with E-state index in [0.29, 0.717) is 6.01 Å². The van der Waals surface area contributed by atoms with Crippen molar-refractivity contribution in [3.63, 3.8) is 0 Å². The highest BCUT2D eigenvalue weighted by molar-refractivity contribution is 5.86. The van der Waals surface area contributed by atoms with Gasteiger partial charge in [-0.25, -0.2) is 19.9 Å². The fourth-order valence-electron chi connectivity index (χ4n) is 3.02. The van der Waals surface area contributed by atoms with Crippen molar-refractivity contribution in [2.75, 3.05) is 18.0 Å². The van der Waals surface area contributed by atoms with Crippen LogP contribution in [0.1, 0.15) is 18.4 Å². The van der Waals surface area contributed by atoms with E-state index in [9.17, 15) is 0 Å². The molecule has 3 aromatic heterocycles. The van der Waals surface area contributed by atoms with Gasteiger partial charge in [-0.2, -0.15) is 5.10 Å². The van der Waals surface area contributed by atoms with Crippen molar-refractivity contribution >= 4 is 16.9 Å². The summed E-state index contributed by atoms with van der Waals surface area (Å²) in [4.78, 5) is 19.5. The number of aryl methyl sites for hydroxylation is 2. The Morgan fingerprint density at radius 2 is 1.96 bits per heavy atom. The zero-order valence-electron chi connectivity index (χ0n) is 13.8. The summed E-state index contributed by atoms with van der Waals surface area (Å²) in [5.41, 5.74) is 1.86. The maximum Gasteiger partial charge on any atom is 0.316 e. The van der Waals surface area contributed by atoms with Gasteiger partial charge in [0, 0.05) is 26.0 Å². The lowest BCUT2D eigenvalue weighted by atomic mass is 10.1. The maximum absolute atomic E-state index is 5.95. The van der Waals surface area contributed by atoms with Crippen LogP contribution in [0.15, 0.2) is 24.9 Å². The number of piperidine rings is 1. The Bertz CT molecular complexity index is 845. The second kappa shape index (κ2) is 6.03. The van der Waals surface area contributed by atoms with Gasteiger partial charge in [0.25, 0.3) is 0 Å². The lowest BCUT2D eigenvalue weighted by Gasteiger charge is -2.33. The summed E-state index contributed by atoms with van der Waals surface area (Å²) >= 11 is 0. The first-order valence-electron chi connectivity index (χ1n) is 8.03. The molecule has 1 aliphatic rings. The Labute approximate surface area is 139 Å². The Balaban J connectivity index is 1.54. The van der Waals surface area contributed by atoms with Crippen LogP contribution in [-0.4, -0.2) is 48.9 Å². The van der Waals surface area contributed by atoms with Gasteiger partial charge in [-0.15, -0.1) is 0 Å². The molecule has 124 valence electrons. The van der Waals surface area contributed by atoms with Crippen molar-refractivity contribution in [1.29, 1.82) is 0 Å². The minimum Gasteiger partial charge on any atom is -0.458 e. The molecule has 1 unspecified atom stereocenters. The SMILES string of the molecule is Cc1cnc(OC2CCCN(c3ncnc4c3cnn4C)C2)nc1. The van der Waals surface area contributed by atoms with E-state index in [0.717, 1.165) is 48.3 Å². The smallest absolute Gasteiger partial charge is 0.316 e. The van der Waals surface area contributed by atoms with Crippen LogP contribution >= 0.6 is 0 Å². The van der Waals surface area contributed by atoms with E-state index in [4.69, 9.17) is 4.74 Å². The van der Waals surface area contributed by atoms with Crippen LogP contribution in [0.4, 0.5) is 5.82 Å². The molecule has 8 heteroatoms. The molecule has 1 fully saturated rings. The number of rotatable bonds is 3. The van der Waals surface area contributed by atoms with Crippen molar-refractivity contribution in [2.45, 2.75) is 25.9 Å². The van der Waals surface area contributed by atoms with Crippen molar-refractivity contribution in [3.8, 4) is 6.01 Å². The van der Waals surface area contributed by atoms with Gasteiger partial charge in [-0.05, 0) is 25.3 Å². The quantitative estimate of drug-likeness (QED) is 0.722. The van der Waals surface area contributed by atoms with E-state index in [1.54, 1.807) is 23.4 Å². The first kappa shape index (κ1) is 14.8. The predicted molar refractivity (Wildman–Crippen MR) is 88.9 cm³/mol. The molecule has 3 aromatic rings. The number of anilines is 1. The average molecular weight is 325 g/mol. The summed E-state index contributed by atoms with van der Waals surface area (Å²) in [7, 11) is 1.88. The van der Waals surface area contributed by atoms with E-state index < -0.39 is 0 Å². The monoisotopic (exact) mass is 325 g/mol. The third kappa shape index (κ3) is 2.75. The molecule has 4 heterocycles. The summed E-state index contributed by atoms with van der Waals surface area (Å²) in [5, 5.41) is 5.25. The summed E-state index contributed by atoms with van der Waals surface area (Å²) < 4.78 is 7.71. The van der Waals surface area contributed by atoms with Crippen LogP contribution < -0.4 is 9.64 Å². The summed E-state index contributed by atoms with van der Waals surface area (Å²) in [6, 6.07) is 0.432. The Kier molecular flexibility index (Phi) is 3.72. The molecule has 1 atom stereocenters. The number of nitrogens with zero attached hydrogens (tertiary/aromatic N) is 7. The molecule has 8 nitrogen and oxygen atoms in total. The Hall–Kier alpha value is -2.77. The molecule has 0 spiro atoms. The molecule has 0 radical (unpaired) electrons. The van der Waals surface area contributed by atoms with Crippen LogP contribution in [-0.2, 0) is 7.05 Å². The number of hydrogen-bond donors (Lipinski definition) is 0. The largest absolute Gasteiger partial charge is 0.458 e. The standard InChI is InChI=1S/C16H19N7O/c1-11-6-17-16(18-7-11)24-12-4-3-5-23(9-12)15-13-8-21-22(2)14(13)19-10-20-15/h6-8,10,12H,3-5,9H2,1-2H3. The number of aromatic nitrogens is 6. The minimum atomic E-state index is 0.0446. The van der Waals surface area contributed by atoms with Crippen LogP contribution in [0.5, 0.6) is 6.01 Å². The van der Waals surface area contributed by atoms with Gasteiger partial charge in [-0.1, -0.05) is 0 Å². The van der Waals surface area contributed by atoms with Gasteiger partial charge < -0.3 is 9.64 Å². The highest BCUT2D eigenvalue weighted by Crippen LogP contribution is 2.26. The van der Waals surface area contributed by atoms with Gasteiger partial charge in [-0.3, -0.25) is 4.68 Å². The first-order chi connectivity index (χ1) is 11.7. The van der Waals surface area contributed by atoms with Gasteiger partial charge >= 0.3 is 6.01 Å². The molecule has 1 saturated heterocycles. The maximum atomic E-state index is 5.95. The van der Waals surface area contributed by atoms with Crippen LogP contribution in [0.3, 0.4) is 0 Å². The molecule has 0 N–H and O–H groups in total. The van der Waals surface area contributed by atoms with Crippen LogP contribution in [0, 0.1) is 6.92 Å². The van der Waals surface area contributed by atoms with Gasteiger partial charge in [0.15, 0.2) is 5.65 Å². The molecule has 0 saturated carbocycles.